The van der Waals surface area contributed by atoms with Crippen LogP contribution in [0.5, 0.6) is 0 Å². The van der Waals surface area contributed by atoms with Gasteiger partial charge in [-0.05, 0) is 18.4 Å². The summed E-state index contributed by atoms with van der Waals surface area (Å²) >= 11 is 0. The molecule has 6 heteroatoms. The van der Waals surface area contributed by atoms with Crippen molar-refractivity contribution >= 4 is 16.0 Å². The number of carboxylic acid groups (broad SMARTS) is 1. The Labute approximate surface area is 106 Å². The molecule has 0 radical (unpaired) electrons. The molecule has 0 N–H and O–H groups in total. The Morgan fingerprint density at radius 3 is 2.61 bits per heavy atom. The number of carboxylic acids is 1. The summed E-state index contributed by atoms with van der Waals surface area (Å²) in [5.41, 5.74) is 0.654. The predicted octanol–water partition coefficient (Wildman–Crippen LogP) is -0.269. The molecule has 1 atom stereocenters. The maximum Gasteiger partial charge on any atom is 0.218 e. The van der Waals surface area contributed by atoms with Gasteiger partial charge in [0.1, 0.15) is 0 Å². The summed E-state index contributed by atoms with van der Waals surface area (Å²) in [5.74, 6) is -1.48. The normalized spacial score (nSPS) is 21.0. The van der Waals surface area contributed by atoms with Gasteiger partial charge in [-0.25, -0.2) is 8.42 Å². The first kappa shape index (κ1) is 13.0. The number of hydrogen-bond acceptors (Lipinski definition) is 4. The SMILES string of the molecule is O=C([O-])C1CCCN1S(=O)(=O)Cc1ccccc1. The Kier molecular flexibility index (Phi) is 3.68. The minimum Gasteiger partial charge on any atom is -0.548 e. The summed E-state index contributed by atoms with van der Waals surface area (Å²) in [6.45, 7) is 0.258. The van der Waals surface area contributed by atoms with Crippen LogP contribution >= 0.6 is 0 Å². The summed E-state index contributed by atoms with van der Waals surface area (Å²) in [7, 11) is -3.59. The molecule has 1 saturated heterocycles. The van der Waals surface area contributed by atoms with Gasteiger partial charge >= 0.3 is 0 Å². The summed E-state index contributed by atoms with van der Waals surface area (Å²) in [6.07, 6.45) is 0.892. The fourth-order valence-electron chi connectivity index (χ4n) is 2.18. The molecule has 18 heavy (non-hydrogen) atoms. The largest absolute Gasteiger partial charge is 0.548 e. The number of carbonyl (C=O) groups is 1. The van der Waals surface area contributed by atoms with Crippen LogP contribution in [0.3, 0.4) is 0 Å². The fraction of sp³-hybridized carbons (Fsp3) is 0.417. The minimum absolute atomic E-state index is 0.169. The van der Waals surface area contributed by atoms with Crippen LogP contribution in [-0.4, -0.2) is 31.3 Å². The van der Waals surface area contributed by atoms with E-state index in [9.17, 15) is 18.3 Å². The van der Waals surface area contributed by atoms with Gasteiger partial charge in [-0.15, -0.1) is 0 Å². The first-order valence-electron chi connectivity index (χ1n) is 5.75. The smallest absolute Gasteiger partial charge is 0.218 e. The van der Waals surface area contributed by atoms with E-state index in [0.717, 1.165) is 4.31 Å². The minimum atomic E-state index is -3.59. The second-order valence-corrected chi connectivity index (χ2v) is 6.25. The van der Waals surface area contributed by atoms with Crippen molar-refractivity contribution in [1.29, 1.82) is 0 Å². The lowest BCUT2D eigenvalue weighted by atomic mass is 10.2. The molecular formula is C12H14NO4S-. The van der Waals surface area contributed by atoms with Gasteiger partial charge in [0, 0.05) is 6.54 Å². The third-order valence-electron chi connectivity index (χ3n) is 3.02. The van der Waals surface area contributed by atoms with Crippen LogP contribution in [0, 0.1) is 0 Å². The lowest BCUT2D eigenvalue weighted by molar-refractivity contribution is -0.309. The lowest BCUT2D eigenvalue weighted by Crippen LogP contribution is -2.47. The van der Waals surface area contributed by atoms with Gasteiger partial charge < -0.3 is 9.90 Å². The highest BCUT2D eigenvalue weighted by molar-refractivity contribution is 7.88. The molecule has 1 fully saturated rings. The third-order valence-corrected chi connectivity index (χ3v) is 4.87. The highest BCUT2D eigenvalue weighted by Gasteiger charge is 2.34. The Balaban J connectivity index is 2.19. The molecule has 1 unspecified atom stereocenters. The molecule has 1 aliphatic rings. The maximum absolute atomic E-state index is 12.2. The molecule has 1 aliphatic heterocycles. The van der Waals surface area contributed by atoms with Gasteiger partial charge in [0.05, 0.1) is 17.8 Å². The molecule has 2 rings (SSSR count). The average Bonchev–Trinajstić information content (AvgIpc) is 2.79. The number of hydrogen-bond donors (Lipinski definition) is 0. The van der Waals surface area contributed by atoms with Crippen LogP contribution in [-0.2, 0) is 20.6 Å². The number of rotatable bonds is 4. The highest BCUT2D eigenvalue weighted by atomic mass is 32.2. The summed E-state index contributed by atoms with van der Waals surface area (Å²) in [5, 5.41) is 10.9. The van der Waals surface area contributed by atoms with Crippen molar-refractivity contribution in [2.45, 2.75) is 24.6 Å². The predicted molar refractivity (Wildman–Crippen MR) is 63.8 cm³/mol. The van der Waals surface area contributed by atoms with E-state index in [4.69, 9.17) is 0 Å². The molecule has 0 amide bonds. The van der Waals surface area contributed by atoms with E-state index in [1.54, 1.807) is 30.3 Å². The van der Waals surface area contributed by atoms with Crippen LogP contribution in [0.15, 0.2) is 30.3 Å². The van der Waals surface area contributed by atoms with Crippen LogP contribution in [0.4, 0.5) is 0 Å². The number of nitrogens with zero attached hydrogens (tertiary/aromatic N) is 1. The first-order valence-corrected chi connectivity index (χ1v) is 7.36. The number of carbonyl (C=O) groups excluding carboxylic acids is 1. The Hall–Kier alpha value is -1.40. The second-order valence-electron chi connectivity index (χ2n) is 4.33. The van der Waals surface area contributed by atoms with Crippen LogP contribution in [0.25, 0.3) is 0 Å². The van der Waals surface area contributed by atoms with Crippen molar-refractivity contribution in [3.05, 3.63) is 35.9 Å². The van der Waals surface area contributed by atoms with E-state index in [1.165, 1.54) is 0 Å². The van der Waals surface area contributed by atoms with Crippen molar-refractivity contribution in [2.75, 3.05) is 6.54 Å². The monoisotopic (exact) mass is 268 g/mol. The van der Waals surface area contributed by atoms with Crippen molar-refractivity contribution in [1.82, 2.24) is 4.31 Å². The molecule has 0 aromatic heterocycles. The molecule has 0 bridgehead atoms. The zero-order valence-electron chi connectivity index (χ0n) is 9.78. The van der Waals surface area contributed by atoms with E-state index < -0.39 is 22.0 Å². The standard InChI is InChI=1S/C12H15NO4S/c14-12(15)11-7-4-8-13(11)18(16,17)9-10-5-2-1-3-6-10/h1-3,5-6,11H,4,7-9H2,(H,14,15)/p-1. The zero-order chi connectivity index (χ0) is 13.2. The maximum atomic E-state index is 12.2. The molecule has 0 saturated carbocycles. The summed E-state index contributed by atoms with van der Waals surface area (Å²) < 4.78 is 25.4. The van der Waals surface area contributed by atoms with Gasteiger partial charge in [-0.2, -0.15) is 4.31 Å². The Morgan fingerprint density at radius 1 is 1.33 bits per heavy atom. The van der Waals surface area contributed by atoms with E-state index in [-0.39, 0.29) is 12.3 Å². The number of sulfonamides is 1. The van der Waals surface area contributed by atoms with E-state index in [0.29, 0.717) is 18.4 Å². The molecular weight excluding hydrogens is 254 g/mol. The Morgan fingerprint density at radius 2 is 2.00 bits per heavy atom. The van der Waals surface area contributed by atoms with Gasteiger partial charge in [-0.1, -0.05) is 30.3 Å². The van der Waals surface area contributed by atoms with Crippen LogP contribution < -0.4 is 5.11 Å². The van der Waals surface area contributed by atoms with Gasteiger partial charge in [0.25, 0.3) is 0 Å². The fourth-order valence-corrected chi connectivity index (χ4v) is 3.94. The summed E-state index contributed by atoms with van der Waals surface area (Å²) in [4.78, 5) is 10.9. The molecule has 0 aliphatic carbocycles. The number of benzene rings is 1. The van der Waals surface area contributed by atoms with Crippen LogP contribution in [0.1, 0.15) is 18.4 Å². The zero-order valence-corrected chi connectivity index (χ0v) is 10.6. The van der Waals surface area contributed by atoms with E-state index in [2.05, 4.69) is 0 Å². The number of aliphatic carboxylic acids is 1. The quantitative estimate of drug-likeness (QED) is 0.753. The van der Waals surface area contributed by atoms with E-state index >= 15 is 0 Å². The van der Waals surface area contributed by atoms with Crippen LogP contribution in [0.2, 0.25) is 0 Å². The van der Waals surface area contributed by atoms with Gasteiger partial charge in [0.15, 0.2) is 0 Å². The third kappa shape index (κ3) is 2.70. The molecule has 98 valence electrons. The Bertz CT molecular complexity index is 526. The van der Waals surface area contributed by atoms with Crippen molar-refractivity contribution in [2.24, 2.45) is 0 Å². The van der Waals surface area contributed by atoms with Crippen molar-refractivity contribution in [3.63, 3.8) is 0 Å². The molecule has 5 nitrogen and oxygen atoms in total. The topological polar surface area (TPSA) is 77.5 Å². The lowest BCUT2D eigenvalue weighted by Gasteiger charge is -2.24. The average molecular weight is 268 g/mol. The first-order chi connectivity index (χ1) is 8.50. The highest BCUT2D eigenvalue weighted by Crippen LogP contribution is 2.23. The van der Waals surface area contributed by atoms with Crippen molar-refractivity contribution < 1.29 is 18.3 Å². The van der Waals surface area contributed by atoms with Gasteiger partial charge in [0.2, 0.25) is 10.0 Å². The summed E-state index contributed by atoms with van der Waals surface area (Å²) in [6, 6.07) is 7.72. The molecule has 1 heterocycles. The molecule has 1 aromatic rings. The van der Waals surface area contributed by atoms with Gasteiger partial charge in [-0.3, -0.25) is 0 Å². The molecule has 0 spiro atoms. The molecule has 1 aromatic carbocycles. The second kappa shape index (κ2) is 5.07. The van der Waals surface area contributed by atoms with Crippen molar-refractivity contribution in [3.8, 4) is 0 Å². The van der Waals surface area contributed by atoms with E-state index in [1.807, 2.05) is 0 Å².